The Hall–Kier alpha value is -1.64. The minimum Gasteiger partial charge on any atom is -0.375 e. The maximum absolute atomic E-state index is 13.0. The van der Waals surface area contributed by atoms with E-state index in [4.69, 9.17) is 4.74 Å². The molecule has 0 spiro atoms. The molecule has 2 aromatic rings. The van der Waals surface area contributed by atoms with Crippen LogP contribution in [-0.2, 0) is 11.3 Å². The van der Waals surface area contributed by atoms with Crippen LogP contribution in [0.2, 0.25) is 0 Å². The molecule has 6 nitrogen and oxygen atoms in total. The molecule has 0 saturated carbocycles. The van der Waals surface area contributed by atoms with E-state index < -0.39 is 5.82 Å². The van der Waals surface area contributed by atoms with Crippen LogP contribution >= 0.6 is 11.3 Å². The lowest BCUT2D eigenvalue weighted by Gasteiger charge is -2.35. The van der Waals surface area contributed by atoms with E-state index in [1.165, 1.54) is 17.3 Å². The van der Waals surface area contributed by atoms with Gasteiger partial charge in [-0.1, -0.05) is 6.92 Å². The third kappa shape index (κ3) is 4.01. The van der Waals surface area contributed by atoms with Gasteiger partial charge in [-0.25, -0.2) is 19.3 Å². The zero-order valence-electron chi connectivity index (χ0n) is 13.2. The van der Waals surface area contributed by atoms with Crippen LogP contribution in [0, 0.1) is 5.82 Å². The minimum absolute atomic E-state index is 0.00547. The molecular weight excluding hydrogens is 317 g/mol. The number of halogens is 1. The molecule has 3 rings (SSSR count). The summed E-state index contributed by atoms with van der Waals surface area (Å²) in [5, 5.41) is 3.98. The summed E-state index contributed by atoms with van der Waals surface area (Å²) < 4.78 is 18.8. The Kier molecular flexibility index (Phi) is 5.14. The van der Waals surface area contributed by atoms with Gasteiger partial charge in [0.1, 0.15) is 5.82 Å². The van der Waals surface area contributed by atoms with Gasteiger partial charge in [0, 0.05) is 43.7 Å². The highest BCUT2D eigenvalue weighted by atomic mass is 32.1. The topological polar surface area (TPSA) is 63.2 Å². The Bertz CT molecular complexity index is 635. The molecule has 124 valence electrons. The van der Waals surface area contributed by atoms with Gasteiger partial charge in [0.2, 0.25) is 0 Å². The number of morpholine rings is 1. The molecular formula is C15H20FN5OS. The van der Waals surface area contributed by atoms with Gasteiger partial charge in [-0.15, -0.1) is 11.3 Å². The van der Waals surface area contributed by atoms with Crippen molar-refractivity contribution in [2.45, 2.75) is 25.5 Å². The van der Waals surface area contributed by atoms with Crippen molar-refractivity contribution in [1.82, 2.24) is 19.9 Å². The Labute approximate surface area is 138 Å². The third-order valence-corrected chi connectivity index (χ3v) is 4.93. The van der Waals surface area contributed by atoms with Crippen LogP contribution in [-0.4, -0.2) is 52.7 Å². The first-order chi connectivity index (χ1) is 11.2. The number of hydrogen-bond acceptors (Lipinski definition) is 7. The summed E-state index contributed by atoms with van der Waals surface area (Å²) in [4.78, 5) is 16.0. The molecule has 1 aliphatic heterocycles. The highest BCUT2D eigenvalue weighted by molar-refractivity contribution is 7.15. The number of nitrogens with zero attached hydrogens (tertiary/aromatic N) is 4. The zero-order valence-corrected chi connectivity index (χ0v) is 14.0. The largest absolute Gasteiger partial charge is 0.375 e. The van der Waals surface area contributed by atoms with E-state index >= 15 is 0 Å². The van der Waals surface area contributed by atoms with Crippen LogP contribution in [0.3, 0.4) is 0 Å². The number of rotatable bonds is 5. The molecule has 0 amide bonds. The maximum Gasteiger partial charge on any atom is 0.182 e. The average Bonchev–Trinajstić information content (AvgIpc) is 3.03. The number of hydrogen-bond donors (Lipinski definition) is 1. The fraction of sp³-hybridized carbons (Fsp3) is 0.533. The van der Waals surface area contributed by atoms with E-state index in [1.807, 2.05) is 20.2 Å². The van der Waals surface area contributed by atoms with Gasteiger partial charge < -0.3 is 10.1 Å². The van der Waals surface area contributed by atoms with Gasteiger partial charge in [0.05, 0.1) is 25.1 Å². The number of aromatic nitrogens is 3. The molecule has 1 fully saturated rings. The molecule has 8 heteroatoms. The van der Waals surface area contributed by atoms with Crippen LogP contribution in [0.4, 0.5) is 9.52 Å². The summed E-state index contributed by atoms with van der Waals surface area (Å²) in [6.45, 7) is 5.24. The van der Waals surface area contributed by atoms with Crippen LogP contribution < -0.4 is 5.32 Å². The number of ether oxygens (including phenoxy) is 1. The SMILES string of the molecule is CNc1ncc(CN2CCOC(C(C)c3ncc(F)cn3)C2)s1. The Balaban J connectivity index is 1.62. The number of nitrogens with one attached hydrogen (secondary N) is 1. The predicted molar refractivity (Wildman–Crippen MR) is 87.1 cm³/mol. The lowest BCUT2D eigenvalue weighted by Crippen LogP contribution is -2.44. The van der Waals surface area contributed by atoms with Crippen molar-refractivity contribution in [3.05, 3.63) is 35.1 Å². The maximum atomic E-state index is 13.0. The molecule has 0 radical (unpaired) electrons. The molecule has 0 aliphatic carbocycles. The van der Waals surface area contributed by atoms with Gasteiger partial charge in [-0.05, 0) is 0 Å². The summed E-state index contributed by atoms with van der Waals surface area (Å²) in [5.74, 6) is 0.221. The second kappa shape index (κ2) is 7.29. The monoisotopic (exact) mass is 337 g/mol. The van der Waals surface area contributed by atoms with Gasteiger partial charge in [0.15, 0.2) is 10.9 Å². The highest BCUT2D eigenvalue weighted by Gasteiger charge is 2.28. The molecule has 1 saturated heterocycles. The van der Waals surface area contributed by atoms with Crippen LogP contribution in [0.5, 0.6) is 0 Å². The highest BCUT2D eigenvalue weighted by Crippen LogP contribution is 2.24. The molecule has 2 aromatic heterocycles. The van der Waals surface area contributed by atoms with Crippen molar-refractivity contribution < 1.29 is 9.13 Å². The molecule has 2 atom stereocenters. The smallest absolute Gasteiger partial charge is 0.182 e. The van der Waals surface area contributed by atoms with Gasteiger partial charge in [-0.2, -0.15) is 0 Å². The van der Waals surface area contributed by atoms with E-state index in [2.05, 4.69) is 25.2 Å². The normalized spacial score (nSPS) is 20.4. The second-order valence-electron chi connectivity index (χ2n) is 5.57. The summed E-state index contributed by atoms with van der Waals surface area (Å²) in [6.07, 6.45) is 4.32. The van der Waals surface area contributed by atoms with E-state index in [9.17, 15) is 4.39 Å². The van der Waals surface area contributed by atoms with Gasteiger partial charge in [-0.3, -0.25) is 4.90 Å². The summed E-state index contributed by atoms with van der Waals surface area (Å²) in [5.41, 5.74) is 0. The number of thiazole rings is 1. The average molecular weight is 337 g/mol. The molecule has 23 heavy (non-hydrogen) atoms. The Morgan fingerprint density at radius 3 is 2.87 bits per heavy atom. The lowest BCUT2D eigenvalue weighted by molar-refractivity contribution is -0.0427. The van der Waals surface area contributed by atoms with E-state index in [-0.39, 0.29) is 12.0 Å². The first-order valence-electron chi connectivity index (χ1n) is 7.59. The molecule has 1 aliphatic rings. The van der Waals surface area contributed by atoms with Crippen molar-refractivity contribution in [2.75, 3.05) is 32.1 Å². The standard InChI is InChI=1S/C15H20FN5OS/c1-10(14-18-5-11(16)6-19-14)13-9-21(3-4-22-13)8-12-7-20-15(17-2)23-12/h5-7,10,13H,3-4,8-9H2,1-2H3,(H,17,20). The lowest BCUT2D eigenvalue weighted by atomic mass is 10.0. The third-order valence-electron chi connectivity index (χ3n) is 3.93. The zero-order chi connectivity index (χ0) is 16.2. The van der Waals surface area contributed by atoms with Gasteiger partial charge in [0.25, 0.3) is 0 Å². The van der Waals surface area contributed by atoms with Crippen molar-refractivity contribution in [3.8, 4) is 0 Å². The predicted octanol–water partition coefficient (Wildman–Crippen LogP) is 2.12. The van der Waals surface area contributed by atoms with Gasteiger partial charge >= 0.3 is 0 Å². The fourth-order valence-corrected chi connectivity index (χ4v) is 3.43. The van der Waals surface area contributed by atoms with Crippen molar-refractivity contribution in [2.24, 2.45) is 0 Å². The Morgan fingerprint density at radius 2 is 2.17 bits per heavy atom. The second-order valence-corrected chi connectivity index (χ2v) is 6.69. The summed E-state index contributed by atoms with van der Waals surface area (Å²) in [7, 11) is 1.87. The first kappa shape index (κ1) is 16.2. The van der Waals surface area contributed by atoms with E-state index in [0.717, 1.165) is 24.8 Å². The summed E-state index contributed by atoms with van der Waals surface area (Å²) in [6, 6.07) is 0. The number of anilines is 1. The fourth-order valence-electron chi connectivity index (χ4n) is 2.62. The summed E-state index contributed by atoms with van der Waals surface area (Å²) >= 11 is 1.66. The van der Waals surface area contributed by atoms with Crippen LogP contribution in [0.15, 0.2) is 18.6 Å². The molecule has 1 N–H and O–H groups in total. The molecule has 3 heterocycles. The first-order valence-corrected chi connectivity index (χ1v) is 8.41. The molecule has 0 aromatic carbocycles. The van der Waals surface area contributed by atoms with E-state index in [1.54, 1.807) is 11.3 Å². The van der Waals surface area contributed by atoms with E-state index in [0.29, 0.717) is 12.4 Å². The molecule has 2 unspecified atom stereocenters. The van der Waals surface area contributed by atoms with Crippen molar-refractivity contribution in [1.29, 1.82) is 0 Å². The quantitative estimate of drug-likeness (QED) is 0.902. The van der Waals surface area contributed by atoms with Crippen LogP contribution in [0.25, 0.3) is 0 Å². The van der Waals surface area contributed by atoms with Crippen LogP contribution in [0.1, 0.15) is 23.5 Å². The van der Waals surface area contributed by atoms with Crippen molar-refractivity contribution >= 4 is 16.5 Å². The Morgan fingerprint density at radius 1 is 1.39 bits per heavy atom. The van der Waals surface area contributed by atoms with Crippen molar-refractivity contribution in [3.63, 3.8) is 0 Å². The molecule has 0 bridgehead atoms. The minimum atomic E-state index is -0.419.